The van der Waals surface area contributed by atoms with Crippen LogP contribution in [0.5, 0.6) is 17.2 Å². The summed E-state index contributed by atoms with van der Waals surface area (Å²) in [4.78, 5) is 15.5. The molecule has 0 bridgehead atoms. The molecule has 0 saturated carbocycles. The summed E-state index contributed by atoms with van der Waals surface area (Å²) in [5.41, 5.74) is 2.25. The zero-order chi connectivity index (χ0) is 25.5. The predicted octanol–water partition coefficient (Wildman–Crippen LogP) is 5.18. The minimum Gasteiger partial charge on any atom is -0.508 e. The molecule has 0 aromatic heterocycles. The number of carbonyl (C=O) groups is 1. The Hall–Kier alpha value is -3.58. The molecule has 3 aromatic rings. The Morgan fingerprint density at radius 2 is 1.72 bits per heavy atom. The second-order valence-corrected chi connectivity index (χ2v) is 9.03. The third-order valence-corrected chi connectivity index (χ3v) is 6.70. The van der Waals surface area contributed by atoms with Gasteiger partial charge in [-0.1, -0.05) is 36.4 Å². The number of phenolic OH excluding ortho intramolecular Hbond substituents is 1. The average Bonchev–Trinajstić information content (AvgIpc) is 3.45. The largest absolute Gasteiger partial charge is 0.508 e. The number of phenols is 1. The van der Waals surface area contributed by atoms with Crippen LogP contribution in [0.3, 0.4) is 0 Å². The summed E-state index contributed by atoms with van der Waals surface area (Å²) in [5.74, 6) is 0.800. The van der Waals surface area contributed by atoms with Crippen LogP contribution in [0.4, 0.5) is 4.39 Å². The van der Waals surface area contributed by atoms with Gasteiger partial charge in [0, 0.05) is 24.7 Å². The van der Waals surface area contributed by atoms with Gasteiger partial charge in [-0.25, -0.2) is 4.39 Å². The fourth-order valence-corrected chi connectivity index (χ4v) is 4.76. The Morgan fingerprint density at radius 1 is 1.00 bits per heavy atom. The number of amides is 1. The van der Waals surface area contributed by atoms with Gasteiger partial charge in [-0.3, -0.25) is 10.1 Å². The standard InChI is InChI=1S/C29H33FN2O4/c1-35-26-15-11-20(18-27(26)36-2)10-13-24(23-19-22(30)12-14-25(23)33)31-28(21-8-4-3-5-9-21)29(34)32-16-6-7-17-32/h3-5,8-9,11-12,14-15,18-19,24,28,31,33H,6-7,10,13,16-17H2,1-2H3/t24?,28-/m1/s1. The van der Waals surface area contributed by atoms with Gasteiger partial charge in [0.2, 0.25) is 5.91 Å². The third-order valence-electron chi connectivity index (χ3n) is 6.70. The molecule has 7 heteroatoms. The van der Waals surface area contributed by atoms with E-state index < -0.39 is 17.9 Å². The van der Waals surface area contributed by atoms with Gasteiger partial charge in [-0.2, -0.15) is 0 Å². The number of carbonyl (C=O) groups excluding carboxylic acids is 1. The molecule has 0 spiro atoms. The van der Waals surface area contributed by atoms with Crippen molar-refractivity contribution in [2.75, 3.05) is 27.3 Å². The Balaban J connectivity index is 1.65. The van der Waals surface area contributed by atoms with Crippen molar-refractivity contribution in [3.63, 3.8) is 0 Å². The van der Waals surface area contributed by atoms with Gasteiger partial charge in [-0.05, 0) is 67.1 Å². The first-order valence-electron chi connectivity index (χ1n) is 12.3. The van der Waals surface area contributed by atoms with Crippen LogP contribution in [0.25, 0.3) is 0 Å². The van der Waals surface area contributed by atoms with E-state index >= 15 is 0 Å². The quantitative estimate of drug-likeness (QED) is 0.408. The smallest absolute Gasteiger partial charge is 0.244 e. The number of likely N-dealkylation sites (tertiary alicyclic amines) is 1. The van der Waals surface area contributed by atoms with E-state index in [1.165, 1.54) is 18.2 Å². The molecule has 2 N–H and O–H groups in total. The highest BCUT2D eigenvalue weighted by atomic mass is 19.1. The van der Waals surface area contributed by atoms with Crippen LogP contribution in [0.1, 0.15) is 48.0 Å². The lowest BCUT2D eigenvalue weighted by Gasteiger charge is -2.29. The summed E-state index contributed by atoms with van der Waals surface area (Å²) in [7, 11) is 3.18. The average molecular weight is 493 g/mol. The number of ether oxygens (including phenoxy) is 2. The predicted molar refractivity (Wildman–Crippen MR) is 137 cm³/mol. The molecule has 1 amide bonds. The lowest BCUT2D eigenvalue weighted by atomic mass is 9.95. The Morgan fingerprint density at radius 3 is 2.42 bits per heavy atom. The SMILES string of the molecule is COc1ccc(CCC(N[C@@H](C(=O)N2CCCC2)c2ccccc2)c2cc(F)ccc2O)cc1OC. The maximum absolute atomic E-state index is 14.3. The highest BCUT2D eigenvalue weighted by Gasteiger charge is 2.31. The van der Waals surface area contributed by atoms with E-state index in [1.54, 1.807) is 14.2 Å². The number of nitrogens with one attached hydrogen (secondary N) is 1. The number of methoxy groups -OCH3 is 2. The molecule has 6 nitrogen and oxygen atoms in total. The van der Waals surface area contributed by atoms with Crippen LogP contribution < -0.4 is 14.8 Å². The van der Waals surface area contributed by atoms with Crippen molar-refractivity contribution >= 4 is 5.91 Å². The summed E-state index contributed by atoms with van der Waals surface area (Å²) in [5, 5.41) is 14.1. The Kier molecular flexibility index (Phi) is 8.44. The third kappa shape index (κ3) is 5.97. The van der Waals surface area contributed by atoms with Crippen molar-refractivity contribution in [1.29, 1.82) is 0 Å². The first-order chi connectivity index (χ1) is 17.5. The summed E-state index contributed by atoms with van der Waals surface area (Å²) in [6.45, 7) is 1.46. The van der Waals surface area contributed by atoms with Crippen molar-refractivity contribution < 1.29 is 23.8 Å². The van der Waals surface area contributed by atoms with Gasteiger partial charge in [0.05, 0.1) is 14.2 Å². The monoisotopic (exact) mass is 492 g/mol. The number of rotatable bonds is 10. The lowest BCUT2D eigenvalue weighted by Crippen LogP contribution is -2.41. The minimum absolute atomic E-state index is 0.00860. The molecule has 4 rings (SSSR count). The molecule has 3 aromatic carbocycles. The van der Waals surface area contributed by atoms with Crippen LogP contribution in [-0.4, -0.2) is 43.2 Å². The second-order valence-electron chi connectivity index (χ2n) is 9.03. The number of aromatic hydroxyl groups is 1. The molecule has 0 radical (unpaired) electrons. The molecule has 0 aliphatic carbocycles. The van der Waals surface area contributed by atoms with Crippen molar-refractivity contribution in [2.24, 2.45) is 0 Å². The first-order valence-corrected chi connectivity index (χ1v) is 12.3. The maximum atomic E-state index is 14.3. The van der Waals surface area contributed by atoms with Gasteiger partial charge in [0.15, 0.2) is 11.5 Å². The Labute approximate surface area is 211 Å². The molecular weight excluding hydrogens is 459 g/mol. The highest BCUT2D eigenvalue weighted by molar-refractivity contribution is 5.83. The van der Waals surface area contributed by atoms with Crippen molar-refractivity contribution in [1.82, 2.24) is 10.2 Å². The van der Waals surface area contributed by atoms with E-state index in [0.29, 0.717) is 29.9 Å². The lowest BCUT2D eigenvalue weighted by molar-refractivity contribution is -0.132. The van der Waals surface area contributed by atoms with Crippen molar-refractivity contribution in [3.05, 3.63) is 89.2 Å². The fraction of sp³-hybridized carbons (Fsp3) is 0.345. The molecule has 190 valence electrons. The van der Waals surface area contributed by atoms with Crippen LogP contribution in [0.15, 0.2) is 66.7 Å². The van der Waals surface area contributed by atoms with E-state index in [2.05, 4.69) is 5.32 Å². The fourth-order valence-electron chi connectivity index (χ4n) is 4.76. The Bertz CT molecular complexity index is 1170. The number of benzene rings is 3. The topological polar surface area (TPSA) is 71.0 Å². The van der Waals surface area contributed by atoms with Crippen LogP contribution in [0.2, 0.25) is 0 Å². The zero-order valence-electron chi connectivity index (χ0n) is 20.7. The molecular formula is C29H33FN2O4. The van der Waals surface area contributed by atoms with E-state index in [-0.39, 0.29) is 11.7 Å². The van der Waals surface area contributed by atoms with Crippen LogP contribution in [0, 0.1) is 5.82 Å². The van der Waals surface area contributed by atoms with E-state index in [1.807, 2.05) is 53.4 Å². The zero-order valence-corrected chi connectivity index (χ0v) is 20.7. The molecule has 1 aliphatic heterocycles. The van der Waals surface area contributed by atoms with E-state index in [9.17, 15) is 14.3 Å². The first kappa shape index (κ1) is 25.5. The molecule has 1 fully saturated rings. The molecule has 1 aliphatic rings. The van der Waals surface area contributed by atoms with Crippen LogP contribution >= 0.6 is 0 Å². The normalized spacial score (nSPS) is 14.9. The van der Waals surface area contributed by atoms with E-state index in [4.69, 9.17) is 9.47 Å². The molecule has 1 heterocycles. The van der Waals surface area contributed by atoms with Gasteiger partial charge < -0.3 is 19.5 Å². The number of aryl methyl sites for hydroxylation is 1. The van der Waals surface area contributed by atoms with Crippen molar-refractivity contribution in [2.45, 2.75) is 37.8 Å². The second kappa shape index (κ2) is 11.9. The van der Waals surface area contributed by atoms with Gasteiger partial charge in [0.1, 0.15) is 17.6 Å². The van der Waals surface area contributed by atoms with Gasteiger partial charge in [0.25, 0.3) is 0 Å². The number of hydrogen-bond donors (Lipinski definition) is 2. The van der Waals surface area contributed by atoms with Gasteiger partial charge >= 0.3 is 0 Å². The summed E-state index contributed by atoms with van der Waals surface area (Å²) in [6.07, 6.45) is 3.10. The molecule has 1 unspecified atom stereocenters. The molecule has 36 heavy (non-hydrogen) atoms. The molecule has 1 saturated heterocycles. The van der Waals surface area contributed by atoms with Gasteiger partial charge in [-0.15, -0.1) is 0 Å². The number of nitrogens with zero attached hydrogens (tertiary/aromatic N) is 1. The summed E-state index contributed by atoms with van der Waals surface area (Å²) in [6, 6.07) is 18.1. The number of hydrogen-bond acceptors (Lipinski definition) is 5. The van der Waals surface area contributed by atoms with Crippen LogP contribution in [-0.2, 0) is 11.2 Å². The van der Waals surface area contributed by atoms with E-state index in [0.717, 1.165) is 37.1 Å². The molecule has 2 atom stereocenters. The summed E-state index contributed by atoms with van der Waals surface area (Å²) < 4.78 is 25.0. The highest BCUT2D eigenvalue weighted by Crippen LogP contribution is 2.33. The minimum atomic E-state index is -0.623. The van der Waals surface area contributed by atoms with Crippen molar-refractivity contribution in [3.8, 4) is 17.2 Å². The maximum Gasteiger partial charge on any atom is 0.244 e. The summed E-state index contributed by atoms with van der Waals surface area (Å²) >= 11 is 0. The number of halogens is 1.